The van der Waals surface area contributed by atoms with Crippen molar-refractivity contribution in [1.82, 2.24) is 20.3 Å². The van der Waals surface area contributed by atoms with E-state index in [0.717, 1.165) is 16.7 Å². The Hall–Kier alpha value is -3.53. The number of carbonyl (C=O) groups is 1. The number of nitrogens with zero attached hydrogens (tertiary/aromatic N) is 2. The van der Waals surface area contributed by atoms with E-state index in [0.29, 0.717) is 45.7 Å². The van der Waals surface area contributed by atoms with Crippen LogP contribution in [0.25, 0.3) is 17.0 Å². The van der Waals surface area contributed by atoms with Gasteiger partial charge in [-0.05, 0) is 55.3 Å². The van der Waals surface area contributed by atoms with E-state index >= 15 is 0 Å². The number of rotatable bonds is 7. The largest absolute Gasteiger partial charge is 0.366 e. The zero-order valence-corrected chi connectivity index (χ0v) is 20.7. The molecule has 3 aromatic heterocycles. The van der Waals surface area contributed by atoms with Gasteiger partial charge in [-0.2, -0.15) is 0 Å². The molecular weight excluding hydrogens is 486 g/mol. The lowest BCUT2D eigenvalue weighted by atomic mass is 10.0. The number of amides is 1. The first kappa shape index (κ1) is 24.6. The molecule has 35 heavy (non-hydrogen) atoms. The Morgan fingerprint density at radius 1 is 1.20 bits per heavy atom. The molecule has 0 aliphatic rings. The van der Waals surface area contributed by atoms with E-state index in [1.807, 2.05) is 32.1 Å². The molecule has 0 saturated carbocycles. The zero-order valence-electron chi connectivity index (χ0n) is 19.2. The predicted molar refractivity (Wildman–Crippen MR) is 137 cm³/mol. The monoisotopic (exact) mass is 509 g/mol. The van der Waals surface area contributed by atoms with Crippen molar-refractivity contribution in [3.05, 3.63) is 93.7 Å². The van der Waals surface area contributed by atoms with Crippen LogP contribution in [-0.4, -0.2) is 35.8 Å². The molecule has 4 rings (SSSR count). The molecule has 3 heterocycles. The number of sulfonamides is 1. The highest BCUT2D eigenvalue weighted by atomic mass is 35.5. The molecule has 0 radical (unpaired) electrons. The minimum Gasteiger partial charge on any atom is -0.366 e. The summed E-state index contributed by atoms with van der Waals surface area (Å²) in [6.45, 7) is 4.14. The van der Waals surface area contributed by atoms with Gasteiger partial charge in [0.15, 0.2) is 0 Å². The van der Waals surface area contributed by atoms with Crippen molar-refractivity contribution in [2.24, 2.45) is 5.14 Å². The van der Waals surface area contributed by atoms with Crippen molar-refractivity contribution in [2.45, 2.75) is 25.2 Å². The van der Waals surface area contributed by atoms with E-state index in [4.69, 9.17) is 16.7 Å². The molecule has 1 amide bonds. The molecule has 0 saturated heterocycles. The van der Waals surface area contributed by atoms with Gasteiger partial charge in [0.25, 0.3) is 5.91 Å². The lowest BCUT2D eigenvalue weighted by Crippen LogP contribution is -2.25. The van der Waals surface area contributed by atoms with Crippen LogP contribution in [0.4, 0.5) is 0 Å². The maximum atomic E-state index is 12.7. The number of H-pyrrole nitrogens is 1. The van der Waals surface area contributed by atoms with E-state index in [1.54, 1.807) is 36.9 Å². The fraction of sp³-hybridized carbons (Fsp3) is 0.160. The molecule has 0 bridgehead atoms. The number of aromatic nitrogens is 3. The third-order valence-corrected chi connectivity index (χ3v) is 6.62. The third kappa shape index (κ3) is 5.94. The van der Waals surface area contributed by atoms with E-state index in [1.165, 1.54) is 6.07 Å². The first-order chi connectivity index (χ1) is 16.6. The minimum absolute atomic E-state index is 0.0383. The Morgan fingerprint density at radius 3 is 2.71 bits per heavy atom. The number of hydrogen-bond donors (Lipinski definition) is 3. The van der Waals surface area contributed by atoms with E-state index in [9.17, 15) is 13.2 Å². The number of nitrogens with two attached hydrogens (primary N) is 1. The van der Waals surface area contributed by atoms with Crippen molar-refractivity contribution in [3.63, 3.8) is 0 Å². The van der Waals surface area contributed by atoms with Crippen LogP contribution in [0.2, 0.25) is 5.02 Å². The number of fused-ring (bicyclic) bond motifs is 1. The molecule has 180 valence electrons. The highest BCUT2D eigenvalue weighted by Crippen LogP contribution is 2.25. The van der Waals surface area contributed by atoms with Crippen LogP contribution < -0.4 is 10.5 Å². The summed E-state index contributed by atoms with van der Waals surface area (Å²) in [7, 11) is -3.98. The van der Waals surface area contributed by atoms with Gasteiger partial charge in [-0.3, -0.25) is 14.8 Å². The maximum absolute atomic E-state index is 12.7. The number of aryl methyl sites for hydroxylation is 1. The van der Waals surface area contributed by atoms with Gasteiger partial charge in [0, 0.05) is 60.0 Å². The number of benzene rings is 1. The predicted octanol–water partition coefficient (Wildman–Crippen LogP) is 3.99. The molecule has 4 aromatic rings. The average molecular weight is 510 g/mol. The van der Waals surface area contributed by atoms with Crippen LogP contribution in [0.5, 0.6) is 0 Å². The highest BCUT2D eigenvalue weighted by molar-refractivity contribution is 7.89. The molecular formula is C25H24ClN5O3S. The number of primary sulfonamides is 1. The van der Waals surface area contributed by atoms with Crippen molar-refractivity contribution in [3.8, 4) is 0 Å². The molecule has 0 aliphatic carbocycles. The van der Waals surface area contributed by atoms with Gasteiger partial charge in [-0.1, -0.05) is 23.3 Å². The normalized spacial score (nSPS) is 12.2. The van der Waals surface area contributed by atoms with E-state index in [2.05, 4.69) is 20.3 Å². The second-order valence-corrected chi connectivity index (χ2v) is 10.3. The van der Waals surface area contributed by atoms with Gasteiger partial charge < -0.3 is 10.3 Å². The Morgan fingerprint density at radius 2 is 2.00 bits per heavy atom. The summed E-state index contributed by atoms with van der Waals surface area (Å²) in [5.74, 6) is -0.245. The number of pyridine rings is 2. The van der Waals surface area contributed by atoms with Crippen molar-refractivity contribution >= 4 is 44.5 Å². The lowest BCUT2D eigenvalue weighted by molar-refractivity contribution is 0.0957. The molecule has 0 aliphatic heterocycles. The zero-order chi connectivity index (χ0) is 25.2. The fourth-order valence-electron chi connectivity index (χ4n) is 3.74. The second kappa shape index (κ2) is 9.99. The Kier molecular flexibility index (Phi) is 7.02. The molecule has 10 heteroatoms. The van der Waals surface area contributed by atoms with E-state index < -0.39 is 10.0 Å². The number of hydrogen-bond acceptors (Lipinski definition) is 5. The van der Waals surface area contributed by atoms with Crippen LogP contribution in [0.1, 0.15) is 39.7 Å². The fourth-order valence-corrected chi connectivity index (χ4v) is 4.66. The summed E-state index contributed by atoms with van der Waals surface area (Å²) in [6.07, 6.45) is 8.85. The number of halogens is 1. The summed E-state index contributed by atoms with van der Waals surface area (Å²) in [6, 6.07) is 8.54. The Balaban J connectivity index is 1.54. The quantitative estimate of drug-likeness (QED) is 0.346. The highest BCUT2D eigenvalue weighted by Gasteiger charge is 2.16. The summed E-state index contributed by atoms with van der Waals surface area (Å²) in [5, 5.41) is 9.62. The summed E-state index contributed by atoms with van der Waals surface area (Å²) < 4.78 is 24.4. The van der Waals surface area contributed by atoms with Gasteiger partial charge in [0.05, 0.1) is 10.5 Å². The van der Waals surface area contributed by atoms with Gasteiger partial charge in [-0.25, -0.2) is 13.6 Å². The standard InChI is InChI=1S/C25H24ClN5O3S/c1-15-5-19-7-17(9-23(35(27,33)34)24(19)30-11-15)8-21-10-18(3-4-29-21)25(32)31-12-16(2)6-20-13-28-14-22(20)26/h3-7,9-11,13-14,28H,8,12H2,1-2H3,(H,31,32)(H2,27,33,34)/b16-6+. The first-order valence-electron chi connectivity index (χ1n) is 10.7. The van der Waals surface area contributed by atoms with Gasteiger partial charge in [0.1, 0.15) is 4.90 Å². The molecule has 1 aromatic carbocycles. The summed E-state index contributed by atoms with van der Waals surface area (Å²) in [4.78, 5) is 24.2. The van der Waals surface area contributed by atoms with Crippen LogP contribution in [0, 0.1) is 6.92 Å². The van der Waals surface area contributed by atoms with Crippen LogP contribution in [0.3, 0.4) is 0 Å². The van der Waals surface area contributed by atoms with Crippen LogP contribution >= 0.6 is 11.6 Å². The molecule has 4 N–H and O–H groups in total. The Labute approximate surface area is 208 Å². The summed E-state index contributed by atoms with van der Waals surface area (Å²) in [5.41, 5.74) is 4.77. The topological polar surface area (TPSA) is 131 Å². The van der Waals surface area contributed by atoms with E-state index in [-0.39, 0.29) is 10.8 Å². The van der Waals surface area contributed by atoms with Crippen molar-refractivity contribution in [1.29, 1.82) is 0 Å². The van der Waals surface area contributed by atoms with Crippen LogP contribution in [-0.2, 0) is 16.4 Å². The maximum Gasteiger partial charge on any atom is 0.251 e. The SMILES string of the molecule is C/C(=C\c1c[nH]cc1Cl)CNC(=O)c1ccnc(Cc2cc(S(N)(=O)=O)c3ncc(C)cc3c2)c1. The minimum atomic E-state index is -3.98. The Bertz CT molecular complexity index is 1560. The molecule has 0 fully saturated rings. The summed E-state index contributed by atoms with van der Waals surface area (Å²) >= 11 is 6.09. The average Bonchev–Trinajstić information content (AvgIpc) is 3.20. The lowest BCUT2D eigenvalue weighted by Gasteiger charge is -2.10. The number of carbonyl (C=O) groups excluding carboxylic acids is 1. The van der Waals surface area contributed by atoms with Gasteiger partial charge in [0.2, 0.25) is 10.0 Å². The third-order valence-electron chi connectivity index (χ3n) is 5.37. The molecule has 8 nitrogen and oxygen atoms in total. The van der Waals surface area contributed by atoms with Crippen LogP contribution in [0.15, 0.2) is 65.6 Å². The van der Waals surface area contributed by atoms with Gasteiger partial charge >= 0.3 is 0 Å². The number of nitrogens with one attached hydrogen (secondary N) is 2. The van der Waals surface area contributed by atoms with Crippen molar-refractivity contribution in [2.75, 3.05) is 6.54 Å². The smallest absolute Gasteiger partial charge is 0.251 e. The first-order valence-corrected chi connectivity index (χ1v) is 12.7. The molecule has 0 spiro atoms. The van der Waals surface area contributed by atoms with Crippen molar-refractivity contribution < 1.29 is 13.2 Å². The molecule has 0 unspecified atom stereocenters. The molecule has 0 atom stereocenters. The van der Waals surface area contributed by atoms with Gasteiger partial charge in [-0.15, -0.1) is 0 Å². The second-order valence-electron chi connectivity index (χ2n) is 8.37. The number of aromatic amines is 1.